The van der Waals surface area contributed by atoms with Crippen LogP contribution in [0.5, 0.6) is 11.5 Å². The summed E-state index contributed by atoms with van der Waals surface area (Å²) in [5, 5.41) is 6.90. The van der Waals surface area contributed by atoms with Gasteiger partial charge in [0.25, 0.3) is 0 Å². The maximum Gasteiger partial charge on any atom is 0.410 e. The number of hydrogen-bond donors (Lipinski definition) is 1. The van der Waals surface area contributed by atoms with Crippen molar-refractivity contribution in [2.24, 2.45) is 0 Å². The van der Waals surface area contributed by atoms with Crippen molar-refractivity contribution in [2.45, 2.75) is 24.7 Å². The van der Waals surface area contributed by atoms with E-state index in [0.717, 1.165) is 10.2 Å². The lowest BCUT2D eigenvalue weighted by atomic mass is 9.96. The summed E-state index contributed by atoms with van der Waals surface area (Å²) in [4.78, 5) is 0. The van der Waals surface area contributed by atoms with E-state index in [1.165, 1.54) is 6.20 Å². The molecule has 0 saturated carbocycles. The fourth-order valence-corrected chi connectivity index (χ4v) is 3.01. The summed E-state index contributed by atoms with van der Waals surface area (Å²) >= 11 is 0. The Kier molecular flexibility index (Phi) is 3.14. The van der Waals surface area contributed by atoms with Gasteiger partial charge in [0.1, 0.15) is 19.0 Å². The van der Waals surface area contributed by atoms with E-state index in [2.05, 4.69) is 10.4 Å². The number of hydrogen-bond acceptors (Lipinski definition) is 4. The molecular formula is C15H14F3N3O2. The topological polar surface area (TPSA) is 48.3 Å². The smallest absolute Gasteiger partial charge is 0.410 e. The molecule has 0 spiro atoms. The SMILES string of the molecule is FC(F)(F)C1CC(c2ccc3c(c2)OCCO3)Nc2ccnn21. The van der Waals surface area contributed by atoms with Crippen molar-refractivity contribution in [2.75, 3.05) is 18.5 Å². The first kappa shape index (κ1) is 14.2. The van der Waals surface area contributed by atoms with Crippen molar-refractivity contribution < 1.29 is 22.6 Å². The van der Waals surface area contributed by atoms with Gasteiger partial charge in [-0.15, -0.1) is 0 Å². The molecule has 1 aromatic carbocycles. The van der Waals surface area contributed by atoms with Crippen LogP contribution in [0.2, 0.25) is 0 Å². The molecule has 0 bridgehead atoms. The minimum atomic E-state index is -4.35. The number of benzene rings is 1. The van der Waals surface area contributed by atoms with Crippen LogP contribution in [0, 0.1) is 0 Å². The number of aromatic nitrogens is 2. The van der Waals surface area contributed by atoms with Gasteiger partial charge in [0.05, 0.1) is 12.2 Å². The average molecular weight is 325 g/mol. The van der Waals surface area contributed by atoms with Crippen LogP contribution in [-0.2, 0) is 0 Å². The lowest BCUT2D eigenvalue weighted by molar-refractivity contribution is -0.173. The molecule has 0 saturated heterocycles. The standard InChI is InChI=1S/C15H14F3N3O2/c16-15(17,18)13-8-10(20-14-3-4-19-21(13)14)9-1-2-11-12(7-9)23-6-5-22-11/h1-4,7,10,13,20H,5-6,8H2. The fourth-order valence-electron chi connectivity index (χ4n) is 3.01. The van der Waals surface area contributed by atoms with Crippen molar-refractivity contribution in [3.63, 3.8) is 0 Å². The molecule has 2 aliphatic rings. The first-order chi connectivity index (χ1) is 11.0. The highest BCUT2D eigenvalue weighted by Crippen LogP contribution is 2.44. The number of nitrogens with one attached hydrogen (secondary N) is 1. The number of alkyl halides is 3. The zero-order chi connectivity index (χ0) is 16.0. The molecule has 4 rings (SSSR count). The molecule has 2 atom stereocenters. The van der Waals surface area contributed by atoms with Gasteiger partial charge in [-0.05, 0) is 17.7 Å². The van der Waals surface area contributed by atoms with E-state index in [9.17, 15) is 13.2 Å². The Morgan fingerprint density at radius 2 is 1.91 bits per heavy atom. The second-order valence-corrected chi connectivity index (χ2v) is 5.55. The Hall–Kier alpha value is -2.38. The van der Waals surface area contributed by atoms with Gasteiger partial charge in [-0.3, -0.25) is 0 Å². The van der Waals surface area contributed by atoms with Crippen LogP contribution in [0.25, 0.3) is 0 Å². The van der Waals surface area contributed by atoms with Gasteiger partial charge < -0.3 is 14.8 Å². The molecular weight excluding hydrogens is 311 g/mol. The minimum absolute atomic E-state index is 0.127. The van der Waals surface area contributed by atoms with E-state index in [4.69, 9.17) is 9.47 Å². The summed E-state index contributed by atoms with van der Waals surface area (Å²) in [6.07, 6.45) is -3.11. The first-order valence-electron chi connectivity index (χ1n) is 7.29. The predicted octanol–water partition coefficient (Wildman–Crippen LogP) is 3.31. The van der Waals surface area contributed by atoms with Gasteiger partial charge in [-0.2, -0.15) is 18.3 Å². The number of rotatable bonds is 1. The van der Waals surface area contributed by atoms with Crippen LogP contribution in [0.4, 0.5) is 19.0 Å². The zero-order valence-electron chi connectivity index (χ0n) is 12.0. The monoisotopic (exact) mass is 325 g/mol. The molecule has 1 N–H and O–H groups in total. The van der Waals surface area contributed by atoms with Crippen LogP contribution in [0.3, 0.4) is 0 Å². The van der Waals surface area contributed by atoms with Gasteiger partial charge in [-0.1, -0.05) is 6.07 Å². The van der Waals surface area contributed by atoms with Crippen molar-refractivity contribution in [3.05, 3.63) is 36.0 Å². The van der Waals surface area contributed by atoms with E-state index in [-0.39, 0.29) is 6.42 Å². The first-order valence-corrected chi connectivity index (χ1v) is 7.29. The van der Waals surface area contributed by atoms with E-state index < -0.39 is 18.3 Å². The maximum atomic E-state index is 13.3. The summed E-state index contributed by atoms with van der Waals surface area (Å²) in [5.74, 6) is 1.55. The van der Waals surface area contributed by atoms with Crippen molar-refractivity contribution >= 4 is 5.82 Å². The number of nitrogens with zero attached hydrogens (tertiary/aromatic N) is 2. The van der Waals surface area contributed by atoms with E-state index >= 15 is 0 Å². The largest absolute Gasteiger partial charge is 0.486 e. The quantitative estimate of drug-likeness (QED) is 0.874. The molecule has 0 aliphatic carbocycles. The van der Waals surface area contributed by atoms with Gasteiger partial charge in [0.2, 0.25) is 0 Å². The van der Waals surface area contributed by atoms with E-state index in [1.54, 1.807) is 24.3 Å². The number of halogens is 3. The third-order valence-electron chi connectivity index (χ3n) is 4.09. The minimum Gasteiger partial charge on any atom is -0.486 e. The molecule has 1 aromatic heterocycles. The highest BCUT2D eigenvalue weighted by atomic mass is 19.4. The normalized spacial score (nSPS) is 23.1. The Morgan fingerprint density at radius 1 is 1.13 bits per heavy atom. The number of ether oxygens (including phenoxy) is 2. The van der Waals surface area contributed by atoms with Crippen LogP contribution in [0.1, 0.15) is 24.1 Å². The van der Waals surface area contributed by atoms with E-state index in [1.807, 2.05) is 0 Å². The zero-order valence-corrected chi connectivity index (χ0v) is 12.0. The molecule has 8 heteroatoms. The van der Waals surface area contributed by atoms with Crippen LogP contribution >= 0.6 is 0 Å². The maximum absolute atomic E-state index is 13.3. The molecule has 3 heterocycles. The number of anilines is 1. The van der Waals surface area contributed by atoms with Gasteiger partial charge in [-0.25, -0.2) is 4.68 Å². The molecule has 0 amide bonds. The highest BCUT2D eigenvalue weighted by Gasteiger charge is 2.46. The molecule has 23 heavy (non-hydrogen) atoms. The lowest BCUT2D eigenvalue weighted by Crippen LogP contribution is -2.35. The summed E-state index contributed by atoms with van der Waals surface area (Å²) < 4.78 is 51.9. The average Bonchev–Trinajstić information content (AvgIpc) is 3.00. The Labute approximate surface area is 130 Å². The second kappa shape index (κ2) is 5.07. The molecule has 0 fully saturated rings. The van der Waals surface area contributed by atoms with Crippen LogP contribution in [-0.4, -0.2) is 29.2 Å². The predicted molar refractivity (Wildman–Crippen MR) is 75.7 cm³/mol. The third kappa shape index (κ3) is 2.47. The van der Waals surface area contributed by atoms with Crippen molar-refractivity contribution in [3.8, 4) is 11.5 Å². The van der Waals surface area contributed by atoms with Gasteiger partial charge >= 0.3 is 6.18 Å². The van der Waals surface area contributed by atoms with Crippen molar-refractivity contribution in [1.29, 1.82) is 0 Å². The molecule has 0 radical (unpaired) electrons. The lowest BCUT2D eigenvalue weighted by Gasteiger charge is -2.34. The summed E-state index contributed by atoms with van der Waals surface area (Å²) in [6, 6.07) is 4.67. The van der Waals surface area contributed by atoms with Gasteiger partial charge in [0, 0.05) is 12.5 Å². The molecule has 2 aromatic rings. The highest BCUT2D eigenvalue weighted by molar-refractivity contribution is 5.48. The Bertz CT molecular complexity index is 729. The summed E-state index contributed by atoms with van der Waals surface area (Å²) in [6.45, 7) is 0.913. The third-order valence-corrected chi connectivity index (χ3v) is 4.09. The fraction of sp³-hybridized carbons (Fsp3) is 0.400. The Balaban J connectivity index is 1.68. The van der Waals surface area contributed by atoms with Crippen LogP contribution in [0.15, 0.2) is 30.5 Å². The second-order valence-electron chi connectivity index (χ2n) is 5.55. The molecule has 2 unspecified atom stereocenters. The van der Waals surface area contributed by atoms with Gasteiger partial charge in [0.15, 0.2) is 17.5 Å². The summed E-state index contributed by atoms with van der Waals surface area (Å²) in [7, 11) is 0. The van der Waals surface area contributed by atoms with Crippen LogP contribution < -0.4 is 14.8 Å². The van der Waals surface area contributed by atoms with Crippen molar-refractivity contribution in [1.82, 2.24) is 9.78 Å². The number of fused-ring (bicyclic) bond motifs is 2. The summed E-state index contributed by atoms with van der Waals surface area (Å²) in [5.41, 5.74) is 0.732. The molecule has 122 valence electrons. The Morgan fingerprint density at radius 3 is 2.70 bits per heavy atom. The molecule has 2 aliphatic heterocycles. The van der Waals surface area contributed by atoms with E-state index in [0.29, 0.717) is 30.5 Å². The molecule has 5 nitrogen and oxygen atoms in total.